The Balaban J connectivity index is 2.09. The van der Waals surface area contributed by atoms with Gasteiger partial charge in [0.25, 0.3) is 0 Å². The van der Waals surface area contributed by atoms with Crippen LogP contribution in [0.15, 0.2) is 42.5 Å². The summed E-state index contributed by atoms with van der Waals surface area (Å²) < 4.78 is 5.43. The summed E-state index contributed by atoms with van der Waals surface area (Å²) in [6.45, 7) is 4.67. The van der Waals surface area contributed by atoms with Crippen molar-refractivity contribution in [3.63, 3.8) is 0 Å². The number of halogens is 1. The average molecular weight is 290 g/mol. The lowest BCUT2D eigenvalue weighted by molar-refractivity contribution is 0.340. The van der Waals surface area contributed by atoms with Crippen LogP contribution in [0.2, 0.25) is 5.02 Å². The maximum absolute atomic E-state index is 6.26. The van der Waals surface area contributed by atoms with Crippen molar-refractivity contribution in [2.45, 2.75) is 26.3 Å². The van der Waals surface area contributed by atoms with E-state index in [1.807, 2.05) is 50.2 Å². The summed E-state index contributed by atoms with van der Waals surface area (Å²) in [5, 5.41) is 0.784. The van der Waals surface area contributed by atoms with Gasteiger partial charge in [-0.05, 0) is 55.2 Å². The Hall–Kier alpha value is -1.51. The van der Waals surface area contributed by atoms with Crippen LogP contribution in [0, 0.1) is 6.92 Å². The maximum atomic E-state index is 6.26. The molecule has 0 spiro atoms. The molecular weight excluding hydrogens is 270 g/mol. The highest BCUT2D eigenvalue weighted by Crippen LogP contribution is 2.24. The quantitative estimate of drug-likeness (QED) is 0.891. The molecule has 0 aromatic heterocycles. The van der Waals surface area contributed by atoms with Gasteiger partial charge in [0.15, 0.2) is 0 Å². The van der Waals surface area contributed by atoms with Gasteiger partial charge in [-0.25, -0.2) is 0 Å². The highest BCUT2D eigenvalue weighted by molar-refractivity contribution is 6.31. The Morgan fingerprint density at radius 2 is 1.85 bits per heavy atom. The molecule has 0 amide bonds. The molecule has 2 nitrogen and oxygen atoms in total. The normalized spacial score (nSPS) is 12.2. The Bertz CT molecular complexity index is 566. The van der Waals surface area contributed by atoms with Crippen LogP contribution in [0.3, 0.4) is 0 Å². The second kappa shape index (κ2) is 6.78. The van der Waals surface area contributed by atoms with Gasteiger partial charge >= 0.3 is 0 Å². The molecule has 0 bridgehead atoms. The number of hydrogen-bond donors (Lipinski definition) is 1. The van der Waals surface area contributed by atoms with Crippen molar-refractivity contribution in [3.8, 4) is 5.75 Å². The highest BCUT2D eigenvalue weighted by Gasteiger charge is 2.10. The van der Waals surface area contributed by atoms with Crippen molar-refractivity contribution < 1.29 is 4.74 Å². The van der Waals surface area contributed by atoms with E-state index in [0.29, 0.717) is 6.61 Å². The molecule has 2 aromatic carbocycles. The van der Waals surface area contributed by atoms with Crippen molar-refractivity contribution in [2.24, 2.45) is 5.73 Å². The first-order valence-electron chi connectivity index (χ1n) is 6.83. The number of ether oxygens (including phenoxy) is 1. The Morgan fingerprint density at radius 1 is 1.15 bits per heavy atom. The summed E-state index contributed by atoms with van der Waals surface area (Å²) in [4.78, 5) is 0. The Morgan fingerprint density at radius 3 is 2.45 bits per heavy atom. The first-order valence-corrected chi connectivity index (χ1v) is 7.21. The van der Waals surface area contributed by atoms with Crippen LogP contribution in [0.4, 0.5) is 0 Å². The van der Waals surface area contributed by atoms with E-state index in [0.717, 1.165) is 33.9 Å². The molecule has 0 aliphatic heterocycles. The predicted molar refractivity (Wildman–Crippen MR) is 84.4 cm³/mol. The molecule has 0 aliphatic carbocycles. The Labute approximate surface area is 125 Å². The zero-order valence-electron chi connectivity index (χ0n) is 11.9. The van der Waals surface area contributed by atoms with Crippen LogP contribution in [0.1, 0.15) is 29.7 Å². The Kier molecular flexibility index (Phi) is 5.05. The smallest absolute Gasteiger partial charge is 0.119 e. The zero-order valence-corrected chi connectivity index (χ0v) is 12.7. The molecule has 0 saturated carbocycles. The number of aryl methyl sites for hydroxylation is 1. The van der Waals surface area contributed by atoms with Crippen molar-refractivity contribution in [2.75, 3.05) is 6.61 Å². The van der Waals surface area contributed by atoms with E-state index in [4.69, 9.17) is 22.1 Å². The van der Waals surface area contributed by atoms with E-state index >= 15 is 0 Å². The topological polar surface area (TPSA) is 35.2 Å². The summed E-state index contributed by atoms with van der Waals surface area (Å²) in [5.41, 5.74) is 9.59. The highest BCUT2D eigenvalue weighted by atomic mass is 35.5. The molecule has 0 saturated heterocycles. The summed E-state index contributed by atoms with van der Waals surface area (Å²) in [5.74, 6) is 0.872. The lowest BCUT2D eigenvalue weighted by atomic mass is 9.99. The third-order valence-electron chi connectivity index (χ3n) is 3.27. The van der Waals surface area contributed by atoms with Gasteiger partial charge in [0, 0.05) is 11.1 Å². The first kappa shape index (κ1) is 14.9. The maximum Gasteiger partial charge on any atom is 0.119 e. The predicted octanol–water partition coefficient (Wildman–Crippen LogP) is 4.29. The van der Waals surface area contributed by atoms with Gasteiger partial charge in [-0.3, -0.25) is 0 Å². The number of hydrogen-bond acceptors (Lipinski definition) is 2. The second-order valence-corrected chi connectivity index (χ2v) is 5.31. The summed E-state index contributed by atoms with van der Waals surface area (Å²) in [7, 11) is 0. The van der Waals surface area contributed by atoms with Crippen molar-refractivity contribution in [1.82, 2.24) is 0 Å². The van der Waals surface area contributed by atoms with Crippen molar-refractivity contribution in [1.29, 1.82) is 0 Å². The summed E-state index contributed by atoms with van der Waals surface area (Å²) >= 11 is 6.25. The van der Waals surface area contributed by atoms with Gasteiger partial charge in [-0.2, -0.15) is 0 Å². The van der Waals surface area contributed by atoms with Gasteiger partial charge in [0.05, 0.1) is 6.61 Å². The number of rotatable bonds is 5. The minimum Gasteiger partial charge on any atom is -0.494 e. The van der Waals surface area contributed by atoms with E-state index in [2.05, 4.69) is 6.07 Å². The minimum absolute atomic E-state index is 0.0640. The third-order valence-corrected chi connectivity index (χ3v) is 3.62. The van der Waals surface area contributed by atoms with E-state index in [1.54, 1.807) is 0 Å². The molecular formula is C17H20ClNO. The van der Waals surface area contributed by atoms with Crippen LogP contribution in [-0.4, -0.2) is 6.61 Å². The molecule has 0 aliphatic rings. The fourth-order valence-electron chi connectivity index (χ4n) is 2.15. The van der Waals surface area contributed by atoms with E-state index in [1.165, 1.54) is 0 Å². The fourth-order valence-corrected chi connectivity index (χ4v) is 2.46. The lowest BCUT2D eigenvalue weighted by Gasteiger charge is -2.14. The van der Waals surface area contributed by atoms with Gasteiger partial charge in [0.2, 0.25) is 0 Å². The molecule has 2 N–H and O–H groups in total. The molecule has 0 fully saturated rings. The van der Waals surface area contributed by atoms with Gasteiger partial charge in [0.1, 0.15) is 5.75 Å². The van der Waals surface area contributed by atoms with E-state index in [-0.39, 0.29) is 6.04 Å². The summed E-state index contributed by atoms with van der Waals surface area (Å²) in [6, 6.07) is 14.0. The fraction of sp³-hybridized carbons (Fsp3) is 0.294. The number of nitrogens with two attached hydrogens (primary N) is 1. The average Bonchev–Trinajstić information content (AvgIpc) is 2.43. The standard InChI is InChI=1S/C17H20ClNO/c1-3-20-15-8-6-13(7-9-15)17(19)11-14-5-4-12(2)10-16(14)18/h4-10,17H,3,11,19H2,1-2H3. The minimum atomic E-state index is -0.0640. The van der Waals surface area contributed by atoms with Crippen LogP contribution in [-0.2, 0) is 6.42 Å². The van der Waals surface area contributed by atoms with Gasteiger partial charge in [-0.1, -0.05) is 35.9 Å². The second-order valence-electron chi connectivity index (χ2n) is 4.91. The molecule has 2 rings (SSSR count). The molecule has 2 aromatic rings. The van der Waals surface area contributed by atoms with Crippen molar-refractivity contribution >= 4 is 11.6 Å². The van der Waals surface area contributed by atoms with E-state index < -0.39 is 0 Å². The van der Waals surface area contributed by atoms with E-state index in [9.17, 15) is 0 Å². The van der Waals surface area contributed by atoms with Crippen LogP contribution < -0.4 is 10.5 Å². The third kappa shape index (κ3) is 3.75. The molecule has 3 heteroatoms. The van der Waals surface area contributed by atoms with Crippen molar-refractivity contribution in [3.05, 3.63) is 64.2 Å². The molecule has 20 heavy (non-hydrogen) atoms. The van der Waals surface area contributed by atoms with Crippen LogP contribution in [0.5, 0.6) is 5.75 Å². The van der Waals surface area contributed by atoms with Crippen LogP contribution >= 0.6 is 11.6 Å². The molecule has 0 heterocycles. The van der Waals surface area contributed by atoms with Gasteiger partial charge in [-0.15, -0.1) is 0 Å². The largest absolute Gasteiger partial charge is 0.494 e. The molecule has 106 valence electrons. The SMILES string of the molecule is CCOc1ccc(C(N)Cc2ccc(C)cc2Cl)cc1. The first-order chi connectivity index (χ1) is 9.60. The molecule has 0 radical (unpaired) electrons. The summed E-state index contributed by atoms with van der Waals surface area (Å²) in [6.07, 6.45) is 0.729. The van der Waals surface area contributed by atoms with Crippen LogP contribution in [0.25, 0.3) is 0 Å². The number of benzene rings is 2. The monoisotopic (exact) mass is 289 g/mol. The molecule has 1 unspecified atom stereocenters. The zero-order chi connectivity index (χ0) is 14.5. The van der Waals surface area contributed by atoms with Gasteiger partial charge < -0.3 is 10.5 Å². The lowest BCUT2D eigenvalue weighted by Crippen LogP contribution is -2.13. The molecule has 1 atom stereocenters.